The first-order valence-corrected chi connectivity index (χ1v) is 5.74. The summed E-state index contributed by atoms with van der Waals surface area (Å²) in [4.78, 5) is 10.6. The van der Waals surface area contributed by atoms with E-state index < -0.39 is 0 Å². The van der Waals surface area contributed by atoms with Crippen molar-refractivity contribution in [3.63, 3.8) is 0 Å². The third-order valence-corrected chi connectivity index (χ3v) is 2.78. The van der Waals surface area contributed by atoms with Crippen LogP contribution in [0.4, 0.5) is 0 Å². The van der Waals surface area contributed by atoms with Crippen molar-refractivity contribution in [2.45, 2.75) is 13.5 Å². The minimum atomic E-state index is -0.0279. The maximum Gasteiger partial charge on any atom is 0.194 e. The van der Waals surface area contributed by atoms with E-state index in [0.29, 0.717) is 5.56 Å². The van der Waals surface area contributed by atoms with Crippen LogP contribution in [-0.2, 0) is 6.54 Å². The number of hydrogen-bond acceptors (Lipinski definition) is 3. The minimum absolute atomic E-state index is 0.0279. The van der Waals surface area contributed by atoms with Crippen LogP contribution in [0.3, 0.4) is 0 Å². The second kappa shape index (κ2) is 5.32. The van der Waals surface area contributed by atoms with E-state index in [0.717, 1.165) is 17.4 Å². The molecule has 4 heteroatoms. The molecule has 0 spiro atoms. The van der Waals surface area contributed by atoms with Crippen molar-refractivity contribution in [1.29, 1.82) is 0 Å². The molecule has 0 radical (unpaired) electrons. The molecule has 0 atom stereocenters. The molecular weight excluding hydrogens is 242 g/mol. The molecule has 2 N–H and O–H groups in total. The largest absolute Gasteiger partial charge is 0.494 e. The summed E-state index contributed by atoms with van der Waals surface area (Å²) in [6, 6.07) is 8.06. The number of hydrogen-bond donors (Lipinski definition) is 2. The molecule has 0 saturated carbocycles. The van der Waals surface area contributed by atoms with E-state index in [2.05, 4.69) is 11.8 Å². The monoisotopic (exact) mass is 255 g/mol. The van der Waals surface area contributed by atoms with Gasteiger partial charge in [0.05, 0.1) is 6.54 Å². The third-order valence-electron chi connectivity index (χ3n) is 2.78. The van der Waals surface area contributed by atoms with Crippen molar-refractivity contribution in [3.8, 4) is 23.6 Å². The Kier molecular flexibility index (Phi) is 3.58. The summed E-state index contributed by atoms with van der Waals surface area (Å²) in [5.74, 6) is 5.76. The molecule has 0 aliphatic carbocycles. The Balaban J connectivity index is 2.19. The number of nitrogens with zero attached hydrogens (tertiary/aromatic N) is 1. The van der Waals surface area contributed by atoms with E-state index in [-0.39, 0.29) is 18.3 Å². The highest BCUT2D eigenvalue weighted by atomic mass is 16.3. The lowest BCUT2D eigenvalue weighted by Crippen LogP contribution is -1.94. The van der Waals surface area contributed by atoms with Crippen molar-refractivity contribution in [1.82, 2.24) is 4.57 Å². The van der Waals surface area contributed by atoms with Crippen LogP contribution in [0.5, 0.6) is 11.8 Å². The Morgan fingerprint density at radius 1 is 1.21 bits per heavy atom. The highest BCUT2D eigenvalue weighted by Crippen LogP contribution is 2.20. The van der Waals surface area contributed by atoms with Crippen LogP contribution in [0.2, 0.25) is 0 Å². The van der Waals surface area contributed by atoms with Gasteiger partial charge in [0.15, 0.2) is 11.8 Å². The minimum Gasteiger partial charge on any atom is -0.494 e. The summed E-state index contributed by atoms with van der Waals surface area (Å²) in [6.07, 6.45) is 0.792. The van der Waals surface area contributed by atoms with Crippen LogP contribution < -0.4 is 0 Å². The van der Waals surface area contributed by atoms with Gasteiger partial charge in [0.1, 0.15) is 6.29 Å². The zero-order valence-corrected chi connectivity index (χ0v) is 10.4. The van der Waals surface area contributed by atoms with Gasteiger partial charge in [0.2, 0.25) is 0 Å². The summed E-state index contributed by atoms with van der Waals surface area (Å²) in [5, 5.41) is 18.9. The molecule has 0 saturated heterocycles. The Bertz CT molecular complexity index is 655. The van der Waals surface area contributed by atoms with Crippen molar-refractivity contribution in [2.24, 2.45) is 0 Å². The number of carbonyl (C=O) groups excluding carboxylic acids is 1. The fourth-order valence-electron chi connectivity index (χ4n) is 1.72. The first-order valence-electron chi connectivity index (χ1n) is 5.74. The standard InChI is InChI=1S/C15H13NO3/c1-11-9-12(10-17)4-5-13(11)3-2-8-16-14(18)6-7-15(16)19/h4-7,9-10,18-19H,8H2,1H3. The molecule has 1 heterocycles. The Hall–Kier alpha value is -2.67. The van der Waals surface area contributed by atoms with Crippen molar-refractivity contribution in [3.05, 3.63) is 47.0 Å². The van der Waals surface area contributed by atoms with E-state index in [1.807, 2.05) is 6.92 Å². The second-order valence-electron chi connectivity index (χ2n) is 4.13. The zero-order valence-electron chi connectivity index (χ0n) is 10.4. The van der Waals surface area contributed by atoms with Gasteiger partial charge in [-0.25, -0.2) is 0 Å². The number of aryl methyl sites for hydroxylation is 1. The predicted molar refractivity (Wildman–Crippen MR) is 71.2 cm³/mol. The van der Waals surface area contributed by atoms with Gasteiger partial charge in [-0.1, -0.05) is 17.9 Å². The van der Waals surface area contributed by atoms with Crippen LogP contribution >= 0.6 is 0 Å². The van der Waals surface area contributed by atoms with Gasteiger partial charge in [-0.15, -0.1) is 0 Å². The molecule has 2 rings (SSSR count). The molecule has 2 aromatic rings. The second-order valence-corrected chi connectivity index (χ2v) is 4.13. The zero-order chi connectivity index (χ0) is 13.8. The van der Waals surface area contributed by atoms with Gasteiger partial charge in [0, 0.05) is 23.3 Å². The Morgan fingerprint density at radius 2 is 1.89 bits per heavy atom. The fourth-order valence-corrected chi connectivity index (χ4v) is 1.72. The SMILES string of the molecule is Cc1cc(C=O)ccc1C#CCn1c(O)ccc1O. The molecule has 0 unspecified atom stereocenters. The number of aromatic hydroxyl groups is 2. The van der Waals surface area contributed by atoms with Crippen LogP contribution in [0.1, 0.15) is 21.5 Å². The van der Waals surface area contributed by atoms with Crippen molar-refractivity contribution in [2.75, 3.05) is 0 Å². The van der Waals surface area contributed by atoms with Crippen LogP contribution in [0.15, 0.2) is 30.3 Å². The molecule has 0 amide bonds. The molecule has 0 fully saturated rings. The summed E-state index contributed by atoms with van der Waals surface area (Å²) in [6.45, 7) is 2.07. The summed E-state index contributed by atoms with van der Waals surface area (Å²) >= 11 is 0. The van der Waals surface area contributed by atoms with E-state index in [1.54, 1.807) is 18.2 Å². The van der Waals surface area contributed by atoms with E-state index in [4.69, 9.17) is 0 Å². The third kappa shape index (κ3) is 2.78. The molecule has 19 heavy (non-hydrogen) atoms. The lowest BCUT2D eigenvalue weighted by Gasteiger charge is -2.01. The maximum atomic E-state index is 10.6. The highest BCUT2D eigenvalue weighted by Gasteiger charge is 2.03. The average Bonchev–Trinajstić information content (AvgIpc) is 2.72. The first-order chi connectivity index (χ1) is 9.11. The van der Waals surface area contributed by atoms with Crippen LogP contribution in [0.25, 0.3) is 0 Å². The topological polar surface area (TPSA) is 62.5 Å². The normalized spacial score (nSPS) is 9.74. The van der Waals surface area contributed by atoms with Gasteiger partial charge in [-0.05, 0) is 24.6 Å². The van der Waals surface area contributed by atoms with Crippen LogP contribution in [-0.4, -0.2) is 21.1 Å². The Labute approximate surface area is 110 Å². The van der Waals surface area contributed by atoms with Gasteiger partial charge >= 0.3 is 0 Å². The Morgan fingerprint density at radius 3 is 2.47 bits per heavy atom. The number of carbonyl (C=O) groups is 1. The first kappa shape index (κ1) is 12.8. The van der Waals surface area contributed by atoms with Gasteiger partial charge in [-0.3, -0.25) is 9.36 Å². The van der Waals surface area contributed by atoms with Crippen LogP contribution in [0, 0.1) is 18.8 Å². The number of aldehydes is 1. The molecule has 0 aliphatic rings. The molecule has 96 valence electrons. The van der Waals surface area contributed by atoms with Gasteiger partial charge in [0.25, 0.3) is 0 Å². The lowest BCUT2D eigenvalue weighted by atomic mass is 10.1. The fraction of sp³-hybridized carbons (Fsp3) is 0.133. The average molecular weight is 255 g/mol. The maximum absolute atomic E-state index is 10.6. The van der Waals surface area contributed by atoms with Gasteiger partial charge < -0.3 is 10.2 Å². The molecular formula is C15H13NO3. The molecule has 1 aromatic carbocycles. The number of aromatic nitrogens is 1. The quantitative estimate of drug-likeness (QED) is 0.638. The molecule has 0 bridgehead atoms. The van der Waals surface area contributed by atoms with E-state index >= 15 is 0 Å². The number of rotatable bonds is 2. The summed E-state index contributed by atoms with van der Waals surface area (Å²) in [5.41, 5.74) is 2.35. The van der Waals surface area contributed by atoms with Gasteiger partial charge in [-0.2, -0.15) is 0 Å². The number of benzene rings is 1. The summed E-state index contributed by atoms with van der Waals surface area (Å²) in [7, 11) is 0. The van der Waals surface area contributed by atoms with E-state index in [9.17, 15) is 15.0 Å². The molecule has 1 aromatic heterocycles. The summed E-state index contributed by atoms with van der Waals surface area (Å²) < 4.78 is 1.29. The van der Waals surface area contributed by atoms with Crippen molar-refractivity contribution >= 4 is 6.29 Å². The van der Waals surface area contributed by atoms with Crippen molar-refractivity contribution < 1.29 is 15.0 Å². The highest BCUT2D eigenvalue weighted by molar-refractivity contribution is 5.75. The predicted octanol–water partition coefficient (Wildman–Crippen LogP) is 2.07. The lowest BCUT2D eigenvalue weighted by molar-refractivity contribution is 0.112. The smallest absolute Gasteiger partial charge is 0.194 e. The van der Waals surface area contributed by atoms with E-state index in [1.165, 1.54) is 16.7 Å². The molecule has 0 aliphatic heterocycles. The molecule has 4 nitrogen and oxygen atoms in total.